The summed E-state index contributed by atoms with van der Waals surface area (Å²) >= 11 is 0. The minimum Gasteiger partial charge on any atom is -0.381 e. The van der Waals surface area contributed by atoms with E-state index in [2.05, 4.69) is 21.0 Å². The summed E-state index contributed by atoms with van der Waals surface area (Å²) in [6.45, 7) is 4.42. The van der Waals surface area contributed by atoms with E-state index in [4.69, 9.17) is 9.72 Å². The van der Waals surface area contributed by atoms with Crippen LogP contribution in [0.1, 0.15) is 51.8 Å². The van der Waals surface area contributed by atoms with Gasteiger partial charge in [-0.2, -0.15) is 0 Å². The van der Waals surface area contributed by atoms with Gasteiger partial charge in [-0.15, -0.1) is 0 Å². The highest BCUT2D eigenvalue weighted by molar-refractivity contribution is 5.99. The third-order valence-corrected chi connectivity index (χ3v) is 7.70. The van der Waals surface area contributed by atoms with Crippen molar-refractivity contribution in [3.05, 3.63) is 81.3 Å². The lowest BCUT2D eigenvalue weighted by Crippen LogP contribution is -2.36. The number of carbonyl (C=O) groups is 1. The Hall–Kier alpha value is -4.11. The Balaban J connectivity index is 1.28. The number of pyridine rings is 2. The molecule has 1 N–H and O–H groups in total. The fraction of sp³-hybridized carbons (Fsp3) is 0.321. The molecular weight excluding hydrogens is 468 g/mol. The van der Waals surface area contributed by atoms with Gasteiger partial charge in [0, 0.05) is 61.5 Å². The third kappa shape index (κ3) is 3.61. The number of rotatable bonds is 2. The summed E-state index contributed by atoms with van der Waals surface area (Å²) in [5.41, 5.74) is 6.04. The van der Waals surface area contributed by atoms with E-state index in [0.29, 0.717) is 49.3 Å². The first kappa shape index (κ1) is 22.1. The van der Waals surface area contributed by atoms with Crippen LogP contribution in [0.15, 0.2) is 47.5 Å². The van der Waals surface area contributed by atoms with Crippen LogP contribution in [0, 0.1) is 6.92 Å². The maximum atomic E-state index is 13.7. The van der Waals surface area contributed by atoms with Crippen molar-refractivity contribution in [3.8, 4) is 0 Å². The minimum absolute atomic E-state index is 0.0486. The highest BCUT2D eigenvalue weighted by Gasteiger charge is 2.26. The molecule has 0 atom stereocenters. The highest BCUT2D eigenvalue weighted by atomic mass is 16.5. The monoisotopic (exact) mass is 494 g/mol. The van der Waals surface area contributed by atoms with Crippen molar-refractivity contribution < 1.29 is 9.53 Å². The zero-order valence-corrected chi connectivity index (χ0v) is 20.5. The van der Waals surface area contributed by atoms with Gasteiger partial charge in [-0.05, 0) is 61.2 Å². The molecule has 0 spiro atoms. The highest BCUT2D eigenvalue weighted by Crippen LogP contribution is 2.30. The lowest BCUT2D eigenvalue weighted by molar-refractivity contribution is 0.0733. The van der Waals surface area contributed by atoms with Gasteiger partial charge in [0.25, 0.3) is 11.5 Å². The Morgan fingerprint density at radius 1 is 1.14 bits per heavy atom. The summed E-state index contributed by atoms with van der Waals surface area (Å²) in [6.07, 6.45) is 5.83. The van der Waals surface area contributed by atoms with E-state index >= 15 is 0 Å². The molecule has 1 amide bonds. The van der Waals surface area contributed by atoms with Gasteiger partial charge in [-0.25, -0.2) is 15.0 Å². The van der Waals surface area contributed by atoms with E-state index in [0.717, 1.165) is 52.0 Å². The summed E-state index contributed by atoms with van der Waals surface area (Å²) in [5.74, 6) is 1.07. The van der Waals surface area contributed by atoms with Gasteiger partial charge in [-0.1, -0.05) is 0 Å². The molecule has 186 valence electrons. The molecule has 4 aromatic heterocycles. The van der Waals surface area contributed by atoms with Crippen LogP contribution in [0.3, 0.4) is 0 Å². The molecule has 1 aromatic carbocycles. The average Bonchev–Trinajstić information content (AvgIpc) is 3.38. The van der Waals surface area contributed by atoms with Crippen LogP contribution in [0.2, 0.25) is 0 Å². The molecule has 7 rings (SSSR count). The summed E-state index contributed by atoms with van der Waals surface area (Å²) in [5, 5.41) is 0.972. The fourth-order valence-electron chi connectivity index (χ4n) is 5.73. The Morgan fingerprint density at radius 3 is 2.86 bits per heavy atom. The second-order valence-corrected chi connectivity index (χ2v) is 9.98. The van der Waals surface area contributed by atoms with Gasteiger partial charge in [0.15, 0.2) is 5.65 Å². The Labute approximate surface area is 212 Å². The quantitative estimate of drug-likeness (QED) is 0.403. The Morgan fingerprint density at radius 2 is 2.00 bits per heavy atom. The number of H-pyrrole nitrogens is 1. The third-order valence-electron chi connectivity index (χ3n) is 7.70. The van der Waals surface area contributed by atoms with Crippen molar-refractivity contribution in [2.45, 2.75) is 38.6 Å². The summed E-state index contributed by atoms with van der Waals surface area (Å²) in [6, 6.07) is 9.79. The van der Waals surface area contributed by atoms with Crippen molar-refractivity contribution >= 4 is 33.5 Å². The molecule has 0 saturated carbocycles. The van der Waals surface area contributed by atoms with E-state index in [9.17, 15) is 9.59 Å². The number of fused-ring (bicyclic) bond motifs is 5. The van der Waals surface area contributed by atoms with E-state index in [1.807, 2.05) is 40.5 Å². The van der Waals surface area contributed by atoms with Crippen LogP contribution in [-0.4, -0.2) is 54.9 Å². The number of carbonyl (C=O) groups excluding carboxylic acids is 1. The molecule has 2 aliphatic rings. The Kier molecular flexibility index (Phi) is 5.07. The summed E-state index contributed by atoms with van der Waals surface area (Å²) < 4.78 is 7.49. The van der Waals surface area contributed by atoms with Gasteiger partial charge in [-0.3, -0.25) is 14.0 Å². The molecule has 5 aromatic rings. The first-order chi connectivity index (χ1) is 18.1. The van der Waals surface area contributed by atoms with Gasteiger partial charge < -0.3 is 14.6 Å². The molecule has 6 heterocycles. The number of aromatic nitrogens is 5. The second-order valence-electron chi connectivity index (χ2n) is 9.98. The molecule has 0 bridgehead atoms. The number of hydrogen-bond donors (Lipinski definition) is 1. The van der Waals surface area contributed by atoms with E-state index in [-0.39, 0.29) is 17.4 Å². The SMILES string of the molecule is Cc1cc2c(cc1C(=O)N1CCc3nc4ncccc4cc3C1)[nH]c(=O)c1cnc(C3CCOCC3)n12. The minimum atomic E-state index is -0.209. The molecule has 0 unspecified atom stereocenters. The predicted molar refractivity (Wildman–Crippen MR) is 139 cm³/mol. The standard InChI is InChI=1S/C28H26N6O3/c1-16-11-23-22(32-27(35)24-14-30-26(34(23)24)17-5-9-37-10-6-17)13-20(16)28(36)33-8-4-21-19(15-33)12-18-3-2-7-29-25(18)31-21/h2-3,7,11-14,17H,4-6,8-10,15H2,1H3,(H,32,35). The van der Waals surface area contributed by atoms with Gasteiger partial charge in [0.1, 0.15) is 11.3 Å². The molecule has 37 heavy (non-hydrogen) atoms. The number of nitrogens with one attached hydrogen (secondary N) is 1. The molecule has 0 radical (unpaired) electrons. The zero-order chi connectivity index (χ0) is 25.1. The van der Waals surface area contributed by atoms with E-state index in [1.165, 1.54) is 0 Å². The smallest absolute Gasteiger partial charge is 0.274 e. The maximum Gasteiger partial charge on any atom is 0.274 e. The number of imidazole rings is 1. The number of hydrogen-bond acceptors (Lipinski definition) is 6. The van der Waals surface area contributed by atoms with Crippen LogP contribution in [-0.2, 0) is 17.7 Å². The topological polar surface area (TPSA) is 105 Å². The van der Waals surface area contributed by atoms with Crippen LogP contribution < -0.4 is 5.56 Å². The fourth-order valence-corrected chi connectivity index (χ4v) is 5.73. The van der Waals surface area contributed by atoms with E-state index in [1.54, 1.807) is 12.4 Å². The molecule has 9 nitrogen and oxygen atoms in total. The predicted octanol–water partition coefficient (Wildman–Crippen LogP) is 3.52. The first-order valence-corrected chi connectivity index (χ1v) is 12.7. The molecule has 2 aliphatic heterocycles. The van der Waals surface area contributed by atoms with Crippen LogP contribution in [0.4, 0.5) is 0 Å². The molecule has 9 heteroatoms. The largest absolute Gasteiger partial charge is 0.381 e. The number of benzene rings is 1. The van der Waals surface area contributed by atoms with Gasteiger partial charge in [0.2, 0.25) is 0 Å². The van der Waals surface area contributed by atoms with Crippen molar-refractivity contribution in [2.24, 2.45) is 0 Å². The number of amides is 1. The normalized spacial score (nSPS) is 16.5. The number of ether oxygens (including phenoxy) is 1. The lowest BCUT2D eigenvalue weighted by atomic mass is 9.99. The van der Waals surface area contributed by atoms with Gasteiger partial charge >= 0.3 is 0 Å². The van der Waals surface area contributed by atoms with E-state index < -0.39 is 0 Å². The summed E-state index contributed by atoms with van der Waals surface area (Å²) in [7, 11) is 0. The molecule has 0 aliphatic carbocycles. The Bertz CT molecular complexity index is 1770. The van der Waals surface area contributed by atoms with Crippen molar-refractivity contribution in [2.75, 3.05) is 19.8 Å². The van der Waals surface area contributed by atoms with Gasteiger partial charge in [0.05, 0.1) is 17.2 Å². The molecular formula is C28H26N6O3. The number of nitrogens with zero attached hydrogens (tertiary/aromatic N) is 5. The van der Waals surface area contributed by atoms with Crippen LogP contribution >= 0.6 is 0 Å². The lowest BCUT2D eigenvalue weighted by Gasteiger charge is -2.29. The van der Waals surface area contributed by atoms with Crippen molar-refractivity contribution in [1.29, 1.82) is 0 Å². The first-order valence-electron chi connectivity index (χ1n) is 12.7. The second kappa shape index (κ2) is 8.48. The number of aromatic amines is 1. The average molecular weight is 495 g/mol. The van der Waals surface area contributed by atoms with Crippen LogP contribution in [0.5, 0.6) is 0 Å². The van der Waals surface area contributed by atoms with Crippen molar-refractivity contribution in [3.63, 3.8) is 0 Å². The zero-order valence-electron chi connectivity index (χ0n) is 20.5. The van der Waals surface area contributed by atoms with Crippen LogP contribution in [0.25, 0.3) is 27.6 Å². The maximum absolute atomic E-state index is 13.7. The summed E-state index contributed by atoms with van der Waals surface area (Å²) in [4.78, 5) is 45.2. The van der Waals surface area contributed by atoms with Crippen molar-refractivity contribution in [1.82, 2.24) is 29.2 Å². The number of aryl methyl sites for hydroxylation is 1. The molecule has 1 saturated heterocycles. The molecule has 1 fully saturated rings.